The quantitative estimate of drug-likeness (QED) is 0.793. The minimum Gasteiger partial charge on any atom is -0.454 e. The molecule has 2 amide bonds. The molecule has 2 heterocycles. The van der Waals surface area contributed by atoms with Crippen LogP contribution in [0, 0.1) is 6.92 Å². The van der Waals surface area contributed by atoms with E-state index < -0.39 is 0 Å². The van der Waals surface area contributed by atoms with Gasteiger partial charge >= 0.3 is 0 Å². The predicted octanol–water partition coefficient (Wildman–Crippen LogP) is 1.91. The first-order valence-electron chi connectivity index (χ1n) is 7.97. The van der Waals surface area contributed by atoms with Gasteiger partial charge in [0.05, 0.1) is 6.61 Å². The largest absolute Gasteiger partial charge is 0.454 e. The highest BCUT2D eigenvalue weighted by Gasteiger charge is 2.22. The van der Waals surface area contributed by atoms with Gasteiger partial charge < -0.3 is 24.4 Å². The number of hydrogen-bond acceptors (Lipinski definition) is 7. The summed E-state index contributed by atoms with van der Waals surface area (Å²) in [5.74, 6) is 0.516. The molecule has 9 heteroatoms. The van der Waals surface area contributed by atoms with Crippen LogP contribution in [0.4, 0.5) is 5.13 Å². The van der Waals surface area contributed by atoms with Crippen molar-refractivity contribution >= 4 is 28.3 Å². The van der Waals surface area contributed by atoms with Gasteiger partial charge in [0.15, 0.2) is 16.6 Å². The monoisotopic (exact) mass is 377 g/mol. The van der Waals surface area contributed by atoms with Gasteiger partial charge in [0.1, 0.15) is 6.54 Å². The molecule has 3 rings (SSSR count). The lowest BCUT2D eigenvalue weighted by molar-refractivity contribution is -0.117. The Morgan fingerprint density at radius 2 is 2.15 bits per heavy atom. The van der Waals surface area contributed by atoms with E-state index in [1.165, 1.54) is 16.2 Å². The van der Waals surface area contributed by atoms with Crippen molar-refractivity contribution in [2.24, 2.45) is 0 Å². The molecule has 0 bridgehead atoms. The number of nitrogens with zero attached hydrogens (tertiary/aromatic N) is 2. The molecule has 0 unspecified atom stereocenters. The average molecular weight is 377 g/mol. The lowest BCUT2D eigenvalue weighted by Crippen LogP contribution is -2.40. The zero-order valence-electron chi connectivity index (χ0n) is 14.5. The molecule has 26 heavy (non-hydrogen) atoms. The Bertz CT molecular complexity index is 807. The lowest BCUT2D eigenvalue weighted by Gasteiger charge is -2.21. The maximum absolute atomic E-state index is 12.8. The standard InChI is InChI=1S/C17H19N3O5S/c1-11-8-18-17(26-11)19-15(21)9-20(5-6-23-2)16(22)12-3-4-13-14(7-12)25-10-24-13/h3-4,7-8H,5-6,9-10H2,1-2H3,(H,18,19,21). The maximum atomic E-state index is 12.8. The molecule has 138 valence electrons. The van der Waals surface area contributed by atoms with Crippen molar-refractivity contribution in [3.63, 3.8) is 0 Å². The molecular formula is C17H19N3O5S. The second-order valence-corrected chi connectivity index (χ2v) is 6.85. The molecule has 1 aromatic carbocycles. The number of fused-ring (bicyclic) bond motifs is 1. The van der Waals surface area contributed by atoms with Crippen LogP contribution in [0.15, 0.2) is 24.4 Å². The zero-order chi connectivity index (χ0) is 18.5. The van der Waals surface area contributed by atoms with Crippen LogP contribution < -0.4 is 14.8 Å². The van der Waals surface area contributed by atoms with E-state index in [2.05, 4.69) is 10.3 Å². The van der Waals surface area contributed by atoms with Gasteiger partial charge in [-0.15, -0.1) is 11.3 Å². The summed E-state index contributed by atoms with van der Waals surface area (Å²) in [7, 11) is 1.54. The van der Waals surface area contributed by atoms with Gasteiger partial charge in [-0.1, -0.05) is 0 Å². The topological polar surface area (TPSA) is 90.0 Å². The summed E-state index contributed by atoms with van der Waals surface area (Å²) in [4.78, 5) is 31.6. The Morgan fingerprint density at radius 1 is 1.35 bits per heavy atom. The first kappa shape index (κ1) is 18.2. The summed E-state index contributed by atoms with van der Waals surface area (Å²) < 4.78 is 15.6. The number of rotatable bonds is 7. The second-order valence-electron chi connectivity index (χ2n) is 5.61. The van der Waals surface area contributed by atoms with Crippen LogP contribution in [0.2, 0.25) is 0 Å². The molecule has 8 nitrogen and oxygen atoms in total. The van der Waals surface area contributed by atoms with Crippen LogP contribution in [0.1, 0.15) is 15.2 Å². The minimum atomic E-state index is -0.315. The summed E-state index contributed by atoms with van der Waals surface area (Å²) in [6.45, 7) is 2.54. The normalized spacial score (nSPS) is 12.1. The molecule has 0 aliphatic carbocycles. The van der Waals surface area contributed by atoms with Crippen molar-refractivity contribution < 1.29 is 23.8 Å². The second kappa shape index (κ2) is 8.15. The van der Waals surface area contributed by atoms with Crippen LogP contribution in [0.5, 0.6) is 11.5 Å². The summed E-state index contributed by atoms with van der Waals surface area (Å²) in [6.07, 6.45) is 1.68. The van der Waals surface area contributed by atoms with E-state index >= 15 is 0 Å². The highest BCUT2D eigenvalue weighted by atomic mass is 32.1. The third kappa shape index (κ3) is 4.30. The van der Waals surface area contributed by atoms with Gasteiger partial charge in [-0.2, -0.15) is 0 Å². The molecule has 0 saturated heterocycles. The van der Waals surface area contributed by atoms with Crippen molar-refractivity contribution in [2.45, 2.75) is 6.92 Å². The molecule has 2 aromatic rings. The summed E-state index contributed by atoms with van der Waals surface area (Å²) in [5, 5.41) is 3.22. The molecule has 0 saturated carbocycles. The van der Waals surface area contributed by atoms with Crippen molar-refractivity contribution in [1.82, 2.24) is 9.88 Å². The Morgan fingerprint density at radius 3 is 2.88 bits per heavy atom. The number of ether oxygens (including phenoxy) is 3. The van der Waals surface area contributed by atoms with E-state index in [0.29, 0.717) is 28.8 Å². The number of aromatic nitrogens is 1. The molecule has 0 radical (unpaired) electrons. The number of anilines is 1. The average Bonchev–Trinajstić information content (AvgIpc) is 3.25. The number of methoxy groups -OCH3 is 1. The van der Waals surface area contributed by atoms with Crippen LogP contribution in [0.25, 0.3) is 0 Å². The molecule has 1 aliphatic rings. The van der Waals surface area contributed by atoms with E-state index in [0.717, 1.165) is 4.88 Å². The first-order valence-corrected chi connectivity index (χ1v) is 8.78. The zero-order valence-corrected chi connectivity index (χ0v) is 15.3. The SMILES string of the molecule is COCCN(CC(=O)Nc1ncc(C)s1)C(=O)c1ccc2c(c1)OCO2. The van der Waals surface area contributed by atoms with Gasteiger partial charge in [0.25, 0.3) is 5.91 Å². The summed E-state index contributed by atoms with van der Waals surface area (Å²) in [6, 6.07) is 4.95. The fraction of sp³-hybridized carbons (Fsp3) is 0.353. The third-order valence-corrected chi connectivity index (χ3v) is 4.50. The van der Waals surface area contributed by atoms with E-state index in [-0.39, 0.29) is 31.7 Å². The highest BCUT2D eigenvalue weighted by Crippen LogP contribution is 2.32. The van der Waals surface area contributed by atoms with Crippen molar-refractivity contribution in [3.05, 3.63) is 34.8 Å². The molecule has 1 aliphatic heterocycles. The maximum Gasteiger partial charge on any atom is 0.254 e. The predicted molar refractivity (Wildman–Crippen MR) is 95.8 cm³/mol. The fourth-order valence-electron chi connectivity index (χ4n) is 2.41. The molecule has 0 spiro atoms. The van der Waals surface area contributed by atoms with Crippen molar-refractivity contribution in [3.8, 4) is 11.5 Å². The molecule has 1 N–H and O–H groups in total. The smallest absolute Gasteiger partial charge is 0.254 e. The summed E-state index contributed by atoms with van der Waals surface area (Å²) in [5.41, 5.74) is 0.420. The van der Waals surface area contributed by atoms with E-state index in [1.54, 1.807) is 31.5 Å². The van der Waals surface area contributed by atoms with Crippen LogP contribution in [0.3, 0.4) is 0 Å². The first-order chi connectivity index (χ1) is 12.6. The number of aryl methyl sites for hydroxylation is 1. The fourth-order valence-corrected chi connectivity index (χ4v) is 3.09. The highest BCUT2D eigenvalue weighted by molar-refractivity contribution is 7.15. The number of carbonyl (C=O) groups is 2. The number of hydrogen-bond donors (Lipinski definition) is 1. The summed E-state index contributed by atoms with van der Waals surface area (Å²) >= 11 is 1.38. The van der Waals surface area contributed by atoms with Crippen molar-refractivity contribution in [2.75, 3.05) is 38.9 Å². The number of benzene rings is 1. The lowest BCUT2D eigenvalue weighted by atomic mass is 10.1. The Kier molecular flexibility index (Phi) is 5.69. The van der Waals surface area contributed by atoms with Crippen molar-refractivity contribution in [1.29, 1.82) is 0 Å². The molecule has 0 atom stereocenters. The third-order valence-electron chi connectivity index (χ3n) is 3.67. The Balaban J connectivity index is 1.70. The molecular weight excluding hydrogens is 358 g/mol. The minimum absolute atomic E-state index is 0.102. The van der Waals surface area contributed by atoms with Gasteiger partial charge in [-0.3, -0.25) is 9.59 Å². The Hall–Kier alpha value is -2.65. The number of thiazole rings is 1. The van der Waals surface area contributed by atoms with Gasteiger partial charge in [0.2, 0.25) is 12.7 Å². The molecule has 1 aromatic heterocycles. The van der Waals surface area contributed by atoms with E-state index in [4.69, 9.17) is 14.2 Å². The molecule has 0 fully saturated rings. The number of carbonyl (C=O) groups excluding carboxylic acids is 2. The van der Waals surface area contributed by atoms with E-state index in [9.17, 15) is 9.59 Å². The van der Waals surface area contributed by atoms with Crippen LogP contribution in [-0.4, -0.2) is 55.3 Å². The van der Waals surface area contributed by atoms with Gasteiger partial charge in [0, 0.05) is 30.3 Å². The number of nitrogens with one attached hydrogen (secondary N) is 1. The van der Waals surface area contributed by atoms with Crippen LogP contribution in [-0.2, 0) is 9.53 Å². The van der Waals surface area contributed by atoms with Gasteiger partial charge in [-0.05, 0) is 25.1 Å². The Labute approximate surface area is 154 Å². The van der Waals surface area contributed by atoms with Crippen LogP contribution >= 0.6 is 11.3 Å². The number of amides is 2. The van der Waals surface area contributed by atoms with Gasteiger partial charge in [-0.25, -0.2) is 4.98 Å². The van der Waals surface area contributed by atoms with E-state index in [1.807, 2.05) is 6.92 Å².